The first-order chi connectivity index (χ1) is 19.7. The van der Waals surface area contributed by atoms with Gasteiger partial charge in [0.05, 0.1) is 18.4 Å². The Morgan fingerprint density at radius 1 is 1.10 bits per heavy atom. The second-order valence-corrected chi connectivity index (χ2v) is 9.56. The number of nitrogens with zero attached hydrogens (tertiary/aromatic N) is 4. The van der Waals surface area contributed by atoms with Crippen LogP contribution in [0.15, 0.2) is 40.9 Å². The molecule has 5 N–H and O–H groups in total. The molecule has 0 fully saturated rings. The first kappa shape index (κ1) is 29.4. The summed E-state index contributed by atoms with van der Waals surface area (Å²) in [7, 11) is 1.45. The molecule has 0 atom stereocenters. The number of likely N-dealkylation sites (N-methyl/N-ethyl adjacent to an activating group) is 1. The van der Waals surface area contributed by atoms with Gasteiger partial charge in [-0.25, -0.2) is 18.6 Å². The number of rotatable bonds is 11. The summed E-state index contributed by atoms with van der Waals surface area (Å²) >= 11 is 0.981. The van der Waals surface area contributed by atoms with Crippen LogP contribution in [0.5, 0.6) is 5.75 Å². The predicted octanol–water partition coefficient (Wildman–Crippen LogP) is 4.44. The number of benzene rings is 2. The number of nitrogens with one attached hydrogen (secondary N) is 3. The van der Waals surface area contributed by atoms with Crippen LogP contribution in [0.4, 0.5) is 30.2 Å². The van der Waals surface area contributed by atoms with Gasteiger partial charge in [-0.05, 0) is 37.4 Å². The van der Waals surface area contributed by atoms with Gasteiger partial charge < -0.3 is 30.5 Å². The van der Waals surface area contributed by atoms with E-state index < -0.39 is 23.6 Å². The summed E-state index contributed by atoms with van der Waals surface area (Å²) in [6, 6.07) is 7.45. The maximum Gasteiger partial charge on any atom is 0.321 e. The molecule has 216 valence electrons. The highest BCUT2D eigenvalue weighted by Gasteiger charge is 2.22. The molecular formula is C26H28F2N8O4S. The fourth-order valence-electron chi connectivity index (χ4n) is 3.75. The highest BCUT2D eigenvalue weighted by atomic mass is 32.1. The molecule has 41 heavy (non-hydrogen) atoms. The van der Waals surface area contributed by atoms with Crippen LogP contribution >= 0.6 is 11.3 Å². The van der Waals surface area contributed by atoms with E-state index in [1.807, 2.05) is 13.8 Å². The molecule has 3 amide bonds. The van der Waals surface area contributed by atoms with Crippen LogP contribution in [-0.2, 0) is 0 Å². The zero-order valence-electron chi connectivity index (χ0n) is 22.5. The number of aromatic nitrogens is 3. The molecule has 0 saturated carbocycles. The van der Waals surface area contributed by atoms with Crippen molar-refractivity contribution in [3.63, 3.8) is 0 Å². The lowest BCUT2D eigenvalue weighted by Gasteiger charge is -2.17. The van der Waals surface area contributed by atoms with E-state index >= 15 is 0 Å². The zero-order chi connectivity index (χ0) is 29.5. The number of nitrogens with two attached hydrogens (primary N) is 1. The second kappa shape index (κ2) is 13.1. The Morgan fingerprint density at radius 2 is 1.88 bits per heavy atom. The molecular weight excluding hydrogens is 558 g/mol. The predicted molar refractivity (Wildman–Crippen MR) is 151 cm³/mol. The summed E-state index contributed by atoms with van der Waals surface area (Å²) in [5.74, 6) is -2.47. The van der Waals surface area contributed by atoms with Gasteiger partial charge in [0.25, 0.3) is 11.8 Å². The lowest BCUT2D eigenvalue weighted by atomic mass is 10.1. The molecule has 2 aromatic heterocycles. The molecule has 4 rings (SSSR count). The maximum absolute atomic E-state index is 14.7. The molecule has 4 aromatic rings. The average molecular weight is 587 g/mol. The van der Waals surface area contributed by atoms with Crippen LogP contribution in [0.1, 0.15) is 24.2 Å². The van der Waals surface area contributed by atoms with Crippen molar-refractivity contribution in [2.75, 3.05) is 49.7 Å². The number of nitrogen functional groups attached to an aromatic ring is 1. The smallest absolute Gasteiger partial charge is 0.321 e. The molecule has 12 nitrogen and oxygen atoms in total. The Kier molecular flexibility index (Phi) is 9.41. The number of carbonyl (C=O) groups is 2. The molecule has 2 heterocycles. The highest BCUT2D eigenvalue weighted by Crippen LogP contribution is 2.35. The number of urea groups is 1. The summed E-state index contributed by atoms with van der Waals surface area (Å²) in [5, 5.41) is 11.7. The van der Waals surface area contributed by atoms with Crippen molar-refractivity contribution in [2.24, 2.45) is 0 Å². The molecule has 15 heteroatoms. The van der Waals surface area contributed by atoms with Crippen LogP contribution in [0, 0.1) is 11.6 Å². The molecule has 2 aromatic carbocycles. The number of amides is 3. The maximum atomic E-state index is 14.7. The Morgan fingerprint density at radius 3 is 2.61 bits per heavy atom. The van der Waals surface area contributed by atoms with Crippen molar-refractivity contribution in [1.82, 2.24) is 25.3 Å². The molecule has 0 aliphatic rings. The Labute approximate surface area is 237 Å². The van der Waals surface area contributed by atoms with Crippen LogP contribution in [0.2, 0.25) is 0 Å². The molecule has 0 aliphatic carbocycles. The summed E-state index contributed by atoms with van der Waals surface area (Å²) < 4.78 is 39.6. The topological polar surface area (TPSA) is 161 Å². The first-order valence-electron chi connectivity index (χ1n) is 12.5. The van der Waals surface area contributed by atoms with E-state index in [1.54, 1.807) is 12.1 Å². The number of methoxy groups -OCH3 is 1. The fraction of sp³-hybridized carbons (Fsp3) is 0.269. The Balaban J connectivity index is 1.48. The van der Waals surface area contributed by atoms with Gasteiger partial charge >= 0.3 is 6.03 Å². The van der Waals surface area contributed by atoms with Gasteiger partial charge in [0.1, 0.15) is 28.1 Å². The first-order valence-corrected chi connectivity index (χ1v) is 13.4. The number of thiazole rings is 1. The van der Waals surface area contributed by atoms with E-state index in [0.717, 1.165) is 30.5 Å². The van der Waals surface area contributed by atoms with Crippen molar-refractivity contribution in [2.45, 2.75) is 13.8 Å². The van der Waals surface area contributed by atoms with E-state index in [1.165, 1.54) is 19.2 Å². The Hall–Kier alpha value is -4.63. The molecule has 0 radical (unpaired) electrons. The van der Waals surface area contributed by atoms with Gasteiger partial charge in [0.15, 0.2) is 5.13 Å². The minimum absolute atomic E-state index is 0.00876. The third-order valence-electron chi connectivity index (χ3n) is 5.98. The van der Waals surface area contributed by atoms with Crippen LogP contribution < -0.4 is 26.4 Å². The normalized spacial score (nSPS) is 11.0. The lowest BCUT2D eigenvalue weighted by molar-refractivity contribution is 0.102. The van der Waals surface area contributed by atoms with Gasteiger partial charge in [-0.2, -0.15) is 4.98 Å². The van der Waals surface area contributed by atoms with Gasteiger partial charge in [-0.15, -0.1) is 0 Å². The van der Waals surface area contributed by atoms with Gasteiger partial charge in [0, 0.05) is 24.7 Å². The van der Waals surface area contributed by atoms with Crippen molar-refractivity contribution in [1.29, 1.82) is 0 Å². The van der Waals surface area contributed by atoms with Crippen LogP contribution in [0.3, 0.4) is 0 Å². The third-order valence-corrected chi connectivity index (χ3v) is 6.95. The van der Waals surface area contributed by atoms with Gasteiger partial charge in [-0.3, -0.25) is 10.1 Å². The molecule has 0 spiro atoms. The van der Waals surface area contributed by atoms with E-state index in [-0.39, 0.29) is 44.4 Å². The molecule has 0 saturated heterocycles. The second-order valence-electron chi connectivity index (χ2n) is 8.56. The zero-order valence-corrected chi connectivity index (χ0v) is 23.3. The molecule has 0 aliphatic heterocycles. The number of halogens is 2. The fourth-order valence-corrected chi connectivity index (χ4v) is 4.55. The minimum Gasteiger partial charge on any atom is -0.497 e. The van der Waals surface area contributed by atoms with Crippen LogP contribution in [0.25, 0.3) is 22.2 Å². The number of carbonyl (C=O) groups excluding carboxylic acids is 2. The Bertz CT molecular complexity index is 1540. The number of ether oxygens (including phenoxy) is 1. The van der Waals surface area contributed by atoms with E-state index in [2.05, 4.69) is 36.0 Å². The summed E-state index contributed by atoms with van der Waals surface area (Å²) in [6.45, 7) is 6.97. The van der Waals surface area contributed by atoms with E-state index in [9.17, 15) is 18.4 Å². The largest absolute Gasteiger partial charge is 0.497 e. The SMILES string of the molecule is CCN(CC)CCNC(=O)Nc1nc(N)c(-c2nc(-c3cc(NC(=O)c4cccc(OC)c4)c(F)cc3F)no2)s1. The van der Waals surface area contributed by atoms with Crippen molar-refractivity contribution in [3.05, 3.63) is 53.6 Å². The van der Waals surface area contributed by atoms with Crippen LogP contribution in [-0.4, -0.2) is 65.3 Å². The van der Waals surface area contributed by atoms with Gasteiger partial charge in [0.2, 0.25) is 5.82 Å². The standard InChI is InChI=1S/C26H28F2N8O4S/c1-4-36(5-2)10-9-30-25(38)34-26-32-21(29)20(41-26)24-33-22(35-40-24)16-12-19(18(28)13-17(16)27)31-23(37)14-7-6-8-15(11-14)39-3/h6-8,11-13H,4-5,9-10,29H2,1-3H3,(H,31,37)(H2,30,32,34,38). The minimum atomic E-state index is -0.996. The average Bonchev–Trinajstić information content (AvgIpc) is 3.58. The highest BCUT2D eigenvalue weighted by molar-refractivity contribution is 7.19. The van der Waals surface area contributed by atoms with Gasteiger partial charge in [-0.1, -0.05) is 36.4 Å². The quantitative estimate of drug-likeness (QED) is 0.199. The number of anilines is 3. The summed E-state index contributed by atoms with van der Waals surface area (Å²) in [4.78, 5) is 35.6. The van der Waals surface area contributed by atoms with E-state index in [0.29, 0.717) is 24.9 Å². The number of hydrogen-bond acceptors (Lipinski definition) is 10. The monoisotopic (exact) mass is 586 g/mol. The van der Waals surface area contributed by atoms with Crippen molar-refractivity contribution in [3.8, 4) is 27.9 Å². The summed E-state index contributed by atoms with van der Waals surface area (Å²) in [6.07, 6.45) is 0. The third kappa shape index (κ3) is 7.12. The molecule has 0 unspecified atom stereocenters. The molecule has 0 bridgehead atoms. The van der Waals surface area contributed by atoms with Crippen molar-refractivity contribution >= 4 is 39.9 Å². The lowest BCUT2D eigenvalue weighted by Crippen LogP contribution is -2.36. The summed E-state index contributed by atoms with van der Waals surface area (Å²) in [5.41, 5.74) is 5.68. The van der Waals surface area contributed by atoms with Crippen molar-refractivity contribution < 1.29 is 27.6 Å². The van der Waals surface area contributed by atoms with E-state index in [4.69, 9.17) is 15.0 Å². The number of hydrogen-bond donors (Lipinski definition) is 4.